The van der Waals surface area contributed by atoms with Crippen LogP contribution in [0.5, 0.6) is 0 Å². The minimum Gasteiger partial charge on any atom is -0.387 e. The molecule has 0 aliphatic carbocycles. The Balaban J connectivity index is 2.63. The Hall–Kier alpha value is -0.270. The van der Waals surface area contributed by atoms with Crippen molar-refractivity contribution >= 4 is 0 Å². The standard InChI is InChI=1S/C6H11FO5/c1-11-6-4(9)3(8)2(7)5(10)12-6/h2-6,8-10H,1H3/t2-,3+,4-,5+,6-/m0/s1. The number of hydrogen-bond acceptors (Lipinski definition) is 5. The molecule has 1 heterocycles. The Kier molecular flexibility index (Phi) is 2.97. The van der Waals surface area contributed by atoms with Gasteiger partial charge in [0.05, 0.1) is 0 Å². The van der Waals surface area contributed by atoms with Crippen molar-refractivity contribution in [2.24, 2.45) is 0 Å². The number of halogens is 1. The molecule has 0 bridgehead atoms. The van der Waals surface area contributed by atoms with Crippen molar-refractivity contribution < 1.29 is 29.2 Å². The number of aliphatic hydroxyl groups is 3. The molecule has 6 heteroatoms. The molecule has 0 aromatic rings. The smallest absolute Gasteiger partial charge is 0.192 e. The maximum atomic E-state index is 12.7. The molecule has 0 radical (unpaired) electrons. The first-order valence-electron chi connectivity index (χ1n) is 3.44. The topological polar surface area (TPSA) is 79.2 Å². The van der Waals surface area contributed by atoms with Crippen molar-refractivity contribution in [1.82, 2.24) is 0 Å². The molecule has 0 aromatic carbocycles. The highest BCUT2D eigenvalue weighted by Crippen LogP contribution is 2.22. The molecule has 1 fully saturated rings. The fourth-order valence-corrected chi connectivity index (χ4v) is 1.01. The predicted octanol–water partition coefficient (Wildman–Crippen LogP) is -1.63. The Morgan fingerprint density at radius 2 is 1.83 bits per heavy atom. The second-order valence-corrected chi connectivity index (χ2v) is 2.56. The van der Waals surface area contributed by atoms with Crippen LogP contribution >= 0.6 is 0 Å². The van der Waals surface area contributed by atoms with Gasteiger partial charge in [-0.1, -0.05) is 0 Å². The van der Waals surface area contributed by atoms with Gasteiger partial charge in [-0.05, 0) is 0 Å². The summed E-state index contributed by atoms with van der Waals surface area (Å²) < 4.78 is 21.7. The quantitative estimate of drug-likeness (QED) is 0.453. The summed E-state index contributed by atoms with van der Waals surface area (Å²) in [5.41, 5.74) is 0. The van der Waals surface area contributed by atoms with Gasteiger partial charge in [0, 0.05) is 7.11 Å². The maximum Gasteiger partial charge on any atom is 0.192 e. The molecule has 1 saturated heterocycles. The van der Waals surface area contributed by atoms with Gasteiger partial charge in [-0.15, -0.1) is 0 Å². The number of ether oxygens (including phenoxy) is 2. The monoisotopic (exact) mass is 182 g/mol. The lowest BCUT2D eigenvalue weighted by molar-refractivity contribution is -0.324. The number of methoxy groups -OCH3 is 1. The third-order valence-electron chi connectivity index (χ3n) is 1.73. The van der Waals surface area contributed by atoms with Gasteiger partial charge in [-0.3, -0.25) is 0 Å². The van der Waals surface area contributed by atoms with E-state index in [9.17, 15) is 4.39 Å². The highest BCUT2D eigenvalue weighted by atomic mass is 19.1. The number of aliphatic hydroxyl groups excluding tert-OH is 3. The second kappa shape index (κ2) is 3.63. The van der Waals surface area contributed by atoms with Crippen molar-refractivity contribution in [3.05, 3.63) is 0 Å². The molecule has 1 aliphatic heterocycles. The van der Waals surface area contributed by atoms with E-state index in [4.69, 9.17) is 15.3 Å². The summed E-state index contributed by atoms with van der Waals surface area (Å²) in [6.07, 6.45) is -8.12. The van der Waals surface area contributed by atoms with E-state index in [1.54, 1.807) is 0 Å². The Bertz CT molecular complexity index is 150. The van der Waals surface area contributed by atoms with Gasteiger partial charge in [0.15, 0.2) is 18.8 Å². The van der Waals surface area contributed by atoms with Gasteiger partial charge in [0.1, 0.15) is 12.2 Å². The van der Waals surface area contributed by atoms with E-state index in [0.29, 0.717) is 0 Å². The van der Waals surface area contributed by atoms with Crippen LogP contribution in [-0.4, -0.2) is 53.4 Å². The van der Waals surface area contributed by atoms with Crippen molar-refractivity contribution in [1.29, 1.82) is 0 Å². The fourth-order valence-electron chi connectivity index (χ4n) is 1.01. The van der Waals surface area contributed by atoms with E-state index in [2.05, 4.69) is 9.47 Å². The molecular weight excluding hydrogens is 171 g/mol. The maximum absolute atomic E-state index is 12.7. The van der Waals surface area contributed by atoms with Gasteiger partial charge in [0.2, 0.25) is 0 Å². The Morgan fingerprint density at radius 1 is 1.25 bits per heavy atom. The molecule has 72 valence electrons. The van der Waals surface area contributed by atoms with Gasteiger partial charge in [-0.2, -0.15) is 0 Å². The van der Waals surface area contributed by atoms with E-state index in [1.807, 2.05) is 0 Å². The van der Waals surface area contributed by atoms with Crippen LogP contribution in [0.4, 0.5) is 4.39 Å². The van der Waals surface area contributed by atoms with Crippen molar-refractivity contribution in [2.75, 3.05) is 7.11 Å². The highest BCUT2D eigenvalue weighted by molar-refractivity contribution is 4.84. The van der Waals surface area contributed by atoms with Gasteiger partial charge < -0.3 is 24.8 Å². The third-order valence-corrected chi connectivity index (χ3v) is 1.73. The summed E-state index contributed by atoms with van der Waals surface area (Å²) in [5, 5.41) is 26.9. The minimum absolute atomic E-state index is 1.19. The molecule has 5 nitrogen and oxygen atoms in total. The second-order valence-electron chi connectivity index (χ2n) is 2.56. The zero-order valence-electron chi connectivity index (χ0n) is 6.42. The number of alkyl halides is 1. The lowest BCUT2D eigenvalue weighted by Gasteiger charge is -2.35. The fraction of sp³-hybridized carbons (Fsp3) is 1.00. The summed E-state index contributed by atoms with van der Waals surface area (Å²) in [7, 11) is 1.21. The largest absolute Gasteiger partial charge is 0.387 e. The van der Waals surface area contributed by atoms with Crippen LogP contribution in [0.1, 0.15) is 0 Å². The van der Waals surface area contributed by atoms with Gasteiger partial charge in [-0.25, -0.2) is 4.39 Å². The van der Waals surface area contributed by atoms with Crippen LogP contribution in [-0.2, 0) is 9.47 Å². The molecule has 0 amide bonds. The van der Waals surface area contributed by atoms with Crippen LogP contribution in [0.2, 0.25) is 0 Å². The zero-order valence-corrected chi connectivity index (χ0v) is 6.42. The van der Waals surface area contributed by atoms with Crippen LogP contribution in [0.3, 0.4) is 0 Å². The molecule has 5 atom stereocenters. The van der Waals surface area contributed by atoms with Crippen molar-refractivity contribution in [3.8, 4) is 0 Å². The average molecular weight is 182 g/mol. The predicted molar refractivity (Wildman–Crippen MR) is 34.8 cm³/mol. The number of rotatable bonds is 1. The highest BCUT2D eigenvalue weighted by Gasteiger charge is 2.44. The Labute approximate surface area is 68.3 Å². The van der Waals surface area contributed by atoms with E-state index >= 15 is 0 Å². The van der Waals surface area contributed by atoms with Crippen LogP contribution < -0.4 is 0 Å². The minimum atomic E-state index is -2.01. The molecule has 0 saturated carbocycles. The lowest BCUT2D eigenvalue weighted by Crippen LogP contribution is -2.56. The average Bonchev–Trinajstić information content (AvgIpc) is 2.08. The summed E-state index contributed by atoms with van der Waals surface area (Å²) in [6.45, 7) is 0. The molecule has 0 aromatic heterocycles. The van der Waals surface area contributed by atoms with E-state index in [1.165, 1.54) is 7.11 Å². The molecule has 0 unspecified atom stereocenters. The van der Waals surface area contributed by atoms with E-state index < -0.39 is 31.0 Å². The SMILES string of the molecule is CO[C@H]1O[C@@H](O)[C@@H](F)[C@@H](O)[C@@H]1O. The molecule has 12 heavy (non-hydrogen) atoms. The van der Waals surface area contributed by atoms with Crippen LogP contribution in [0.25, 0.3) is 0 Å². The summed E-state index contributed by atoms with van der Waals surface area (Å²) in [5.74, 6) is 0. The van der Waals surface area contributed by atoms with Crippen LogP contribution in [0, 0.1) is 0 Å². The molecule has 3 N–H and O–H groups in total. The normalized spacial score (nSPS) is 49.2. The summed E-state index contributed by atoms with van der Waals surface area (Å²) >= 11 is 0. The Morgan fingerprint density at radius 3 is 2.33 bits per heavy atom. The van der Waals surface area contributed by atoms with Gasteiger partial charge in [0.25, 0.3) is 0 Å². The van der Waals surface area contributed by atoms with Crippen molar-refractivity contribution in [2.45, 2.75) is 31.0 Å². The first-order chi connectivity index (χ1) is 5.57. The first-order valence-corrected chi connectivity index (χ1v) is 3.44. The van der Waals surface area contributed by atoms with Gasteiger partial charge >= 0.3 is 0 Å². The summed E-state index contributed by atoms with van der Waals surface area (Å²) in [6, 6.07) is 0. The zero-order chi connectivity index (χ0) is 9.30. The number of hydrogen-bond donors (Lipinski definition) is 3. The van der Waals surface area contributed by atoms with Crippen LogP contribution in [0.15, 0.2) is 0 Å². The first kappa shape index (κ1) is 9.82. The molecule has 1 rings (SSSR count). The van der Waals surface area contributed by atoms with E-state index in [0.717, 1.165) is 0 Å². The molecular formula is C6H11FO5. The lowest BCUT2D eigenvalue weighted by atomic mass is 10.1. The van der Waals surface area contributed by atoms with E-state index in [-0.39, 0.29) is 0 Å². The third kappa shape index (κ3) is 1.57. The van der Waals surface area contributed by atoms with Crippen molar-refractivity contribution in [3.63, 3.8) is 0 Å². The summed E-state index contributed by atoms with van der Waals surface area (Å²) in [4.78, 5) is 0. The molecule has 1 aliphatic rings. The molecule has 0 spiro atoms.